The molecule has 430 valence electrons. The van der Waals surface area contributed by atoms with Gasteiger partial charge in [-0.25, -0.2) is 34.7 Å². The minimum Gasteiger partial charge on any atom is -0.473 e. The second-order valence-electron chi connectivity index (χ2n) is 17.6. The molecule has 2 amide bonds. The topological polar surface area (TPSA) is 308 Å². The molecular formula is C52H86N20O6. The molecule has 0 unspecified atom stereocenters. The van der Waals surface area contributed by atoms with Gasteiger partial charge in [-0.2, -0.15) is 4.98 Å². The summed E-state index contributed by atoms with van der Waals surface area (Å²) in [4.78, 5) is 71.2. The first kappa shape index (κ1) is 64.3. The van der Waals surface area contributed by atoms with Gasteiger partial charge in [0.15, 0.2) is 17.5 Å². The molecule has 7 aromatic rings. The predicted molar refractivity (Wildman–Crippen MR) is 303 cm³/mol. The molecular weight excluding hydrogens is 1000 g/mol. The van der Waals surface area contributed by atoms with E-state index in [9.17, 15) is 14.4 Å². The Morgan fingerprint density at radius 3 is 1.76 bits per heavy atom. The average Bonchev–Trinajstić information content (AvgIpc) is 4.29. The van der Waals surface area contributed by atoms with Crippen LogP contribution >= 0.6 is 0 Å². The molecule has 7 aliphatic heterocycles. The number of carbonyl (C=O) groups is 3. The molecule has 7 aromatic heterocycles. The van der Waals surface area contributed by atoms with Crippen molar-refractivity contribution in [3.63, 3.8) is 0 Å². The Hall–Kier alpha value is -8.00. The molecule has 0 fully saturated rings. The maximum absolute atomic E-state index is 11.1. The van der Waals surface area contributed by atoms with Crippen molar-refractivity contribution < 1.29 is 28.6 Å². The molecule has 0 atom stereocenters. The van der Waals surface area contributed by atoms with E-state index < -0.39 is 0 Å². The van der Waals surface area contributed by atoms with Crippen molar-refractivity contribution in [1.82, 2.24) is 78.7 Å². The van der Waals surface area contributed by atoms with Gasteiger partial charge in [-0.15, -0.1) is 0 Å². The lowest BCUT2D eigenvalue weighted by Gasteiger charge is -2.16. The fourth-order valence-corrected chi connectivity index (χ4v) is 8.55. The predicted octanol–water partition coefficient (Wildman–Crippen LogP) is 6.17. The number of ether oxygens (including phenoxy) is 3. The molecule has 0 aromatic carbocycles. The summed E-state index contributed by atoms with van der Waals surface area (Å²) >= 11 is 0. The molecule has 0 spiro atoms. The van der Waals surface area contributed by atoms with Crippen LogP contribution in [0.3, 0.4) is 0 Å². The van der Waals surface area contributed by atoms with Crippen LogP contribution in [0.1, 0.15) is 122 Å². The molecule has 0 bridgehead atoms. The number of aromatic nitrogens is 14. The van der Waals surface area contributed by atoms with E-state index in [0.717, 1.165) is 142 Å². The minimum absolute atomic E-state index is 0. The number of carbonyl (C=O) groups excluding carboxylic acids is 3. The molecule has 0 saturated heterocycles. The number of esters is 1. The Labute approximate surface area is 458 Å². The van der Waals surface area contributed by atoms with Crippen LogP contribution in [0.2, 0.25) is 0 Å². The monoisotopic (exact) mass is 1090 g/mol. The summed E-state index contributed by atoms with van der Waals surface area (Å²) in [6.07, 6.45) is 8.34. The van der Waals surface area contributed by atoms with Gasteiger partial charge in [0.2, 0.25) is 5.91 Å². The maximum Gasteiger partial charge on any atom is 0.356 e. The number of cyclic esters (lactones) is 1. The highest BCUT2D eigenvalue weighted by Gasteiger charge is 2.21. The third kappa shape index (κ3) is 16.3. The molecule has 78 heavy (non-hydrogen) atoms. The number of amides is 2. The number of fused-ring (bicyclic) bond motifs is 7. The van der Waals surface area contributed by atoms with E-state index in [4.69, 9.17) is 14.2 Å². The second-order valence-corrected chi connectivity index (χ2v) is 17.6. The highest BCUT2D eigenvalue weighted by molar-refractivity contribution is 5.93. The third-order valence-corrected chi connectivity index (χ3v) is 12.3. The number of H-pyrrole nitrogens is 3. The fraction of sp³-hybridized carbons (Fsp3) is 0.538. The van der Waals surface area contributed by atoms with Crippen LogP contribution in [0, 0.1) is 48.5 Å². The summed E-state index contributed by atoms with van der Waals surface area (Å²) in [5.41, 5.74) is 4.79. The number of imidazole rings is 7. The summed E-state index contributed by atoms with van der Waals surface area (Å²) in [5.74, 6) is 10.8. The van der Waals surface area contributed by atoms with Crippen molar-refractivity contribution in [3.8, 4) is 5.88 Å². The summed E-state index contributed by atoms with van der Waals surface area (Å²) in [6, 6.07) is 0. The van der Waals surface area contributed by atoms with Crippen molar-refractivity contribution in [2.75, 3.05) is 73.8 Å². The Kier molecular flexibility index (Phi) is 24.8. The Morgan fingerprint density at radius 1 is 0.500 bits per heavy atom. The van der Waals surface area contributed by atoms with Crippen LogP contribution in [0.5, 0.6) is 5.88 Å². The van der Waals surface area contributed by atoms with E-state index in [1.165, 1.54) is 11.4 Å². The van der Waals surface area contributed by atoms with Crippen molar-refractivity contribution in [1.29, 1.82) is 0 Å². The van der Waals surface area contributed by atoms with Crippen LogP contribution in [-0.4, -0.2) is 138 Å². The first-order chi connectivity index (χ1) is 35.3. The largest absolute Gasteiger partial charge is 0.473 e. The van der Waals surface area contributed by atoms with Gasteiger partial charge in [0, 0.05) is 65.0 Å². The van der Waals surface area contributed by atoms with Crippen LogP contribution in [0.15, 0.2) is 24.8 Å². The van der Waals surface area contributed by atoms with Crippen molar-refractivity contribution in [3.05, 3.63) is 94.0 Å². The maximum atomic E-state index is 11.1. The quantitative estimate of drug-likeness (QED) is 0.0767. The minimum atomic E-state index is -0.267. The molecule has 26 nitrogen and oxygen atoms in total. The number of aryl methyl sites for hydroxylation is 8. The normalized spacial score (nSPS) is 15.0. The number of aromatic amines is 3. The highest BCUT2D eigenvalue weighted by Crippen LogP contribution is 2.23. The van der Waals surface area contributed by atoms with Crippen molar-refractivity contribution >= 4 is 41.1 Å². The lowest BCUT2D eigenvalue weighted by Crippen LogP contribution is -2.35. The average molecular weight is 1090 g/mol. The number of nitrogens with zero attached hydrogens (tertiary/aromatic N) is 11. The zero-order valence-electron chi connectivity index (χ0n) is 42.5. The zero-order chi connectivity index (χ0) is 51.4. The summed E-state index contributed by atoms with van der Waals surface area (Å²) in [5, 5.41) is 18.3. The van der Waals surface area contributed by atoms with Crippen LogP contribution in [0.4, 0.5) is 23.3 Å². The Bertz CT molecular complexity index is 2770. The van der Waals surface area contributed by atoms with Crippen LogP contribution in [-0.2, 0) is 60.0 Å². The standard InChI is InChI=1S/2C7H9N3O.C7H11N3.C7H8N2O2.C7H10N2O.C6H10N4.C6H9N3O.5CH4/c1-5-9-4-6-7(11)8-2-3-10(5)6;1-4-8-5-2-3-6(11)10-7(5)9-4;1-6-9-5-7-4-8-2-3-10(6)7;1-5-8-4-6-7(10)11-3-2-9(5)6;1-6-8-4-7-5-10-3-2-9(6)7;1-4-9-5-6(10-4)8-3-2-7-5;1-4-8-5-6(9-4)10-3-2-7-5;;;;;/h4H,2-3H2,1H3,(H,8,11);2-3H2,1H3,(H,8,9)(H,10,11);5,8H,2-4H2,1H3;4H,2-3H2,1H3;4H,2-3,5H2,1H3;7-8H,2-3H2,1H3,(H,9,10);7H,2-3H2,1H3,(H,8,9);5*1H4. The van der Waals surface area contributed by atoms with E-state index in [0.29, 0.717) is 49.3 Å². The molecule has 26 heteroatoms. The number of hydrogen-bond donors (Lipinski definition) is 9. The number of nitrogens with one attached hydrogen (secondary N) is 9. The SMILES string of the molecule is C.C.C.C.C.Cc1nc2c([nH]1)CCC(=O)N2.Cc1nc2c([nH]1)NCCN2.Cc1nc2c([nH]1)NCCO2.Cc1ncc2n1CCNC2.Cc1ncc2n1CCNC2=O.Cc1ncc2n1CCOC2.Cc1ncc2n1CCOC2=O. The molecule has 0 radical (unpaired) electrons. The van der Waals surface area contributed by atoms with E-state index >= 15 is 0 Å². The van der Waals surface area contributed by atoms with Gasteiger partial charge in [-0.05, 0) is 54.9 Å². The van der Waals surface area contributed by atoms with E-state index in [-0.39, 0.29) is 54.9 Å². The molecule has 9 N–H and O–H groups in total. The van der Waals surface area contributed by atoms with Gasteiger partial charge in [0.1, 0.15) is 71.2 Å². The lowest BCUT2D eigenvalue weighted by atomic mass is 10.2. The molecule has 7 aliphatic rings. The van der Waals surface area contributed by atoms with E-state index in [1.54, 1.807) is 12.4 Å². The Balaban J connectivity index is 0.000000237. The first-order valence-electron chi connectivity index (χ1n) is 24.4. The Morgan fingerprint density at radius 2 is 1.08 bits per heavy atom. The number of hydrogen-bond acceptors (Lipinski definition) is 17. The first-order valence-corrected chi connectivity index (χ1v) is 24.4. The third-order valence-electron chi connectivity index (χ3n) is 12.3. The van der Waals surface area contributed by atoms with E-state index in [1.807, 2.05) is 63.1 Å². The fourth-order valence-electron chi connectivity index (χ4n) is 8.55. The number of anilines is 4. The summed E-state index contributed by atoms with van der Waals surface area (Å²) in [7, 11) is 0. The van der Waals surface area contributed by atoms with Crippen LogP contribution in [0.25, 0.3) is 0 Å². The van der Waals surface area contributed by atoms with Gasteiger partial charge in [-0.1, -0.05) is 37.1 Å². The lowest BCUT2D eigenvalue weighted by molar-refractivity contribution is -0.116. The molecule has 0 saturated carbocycles. The van der Waals surface area contributed by atoms with Gasteiger partial charge >= 0.3 is 5.97 Å². The van der Waals surface area contributed by atoms with Gasteiger partial charge in [-0.3, -0.25) is 9.59 Å². The zero-order valence-corrected chi connectivity index (χ0v) is 42.5. The molecule has 0 aliphatic carbocycles. The smallest absolute Gasteiger partial charge is 0.356 e. The molecule has 14 heterocycles. The van der Waals surface area contributed by atoms with E-state index in [2.05, 4.69) is 97.8 Å². The number of rotatable bonds is 0. The van der Waals surface area contributed by atoms with Gasteiger partial charge in [0.05, 0.1) is 62.0 Å². The van der Waals surface area contributed by atoms with Crippen LogP contribution < -0.4 is 36.6 Å². The van der Waals surface area contributed by atoms with Gasteiger partial charge in [0.25, 0.3) is 11.8 Å². The summed E-state index contributed by atoms with van der Waals surface area (Å²) in [6.45, 7) is 25.4. The highest BCUT2D eigenvalue weighted by atomic mass is 16.5. The van der Waals surface area contributed by atoms with Crippen molar-refractivity contribution in [2.45, 2.75) is 138 Å². The van der Waals surface area contributed by atoms with Crippen molar-refractivity contribution in [2.24, 2.45) is 0 Å². The second kappa shape index (κ2) is 30.1. The summed E-state index contributed by atoms with van der Waals surface area (Å²) < 4.78 is 23.6. The molecule has 14 rings (SSSR count). The van der Waals surface area contributed by atoms with Gasteiger partial charge < -0.3 is 79.3 Å².